The lowest BCUT2D eigenvalue weighted by atomic mass is 9.94. The van der Waals surface area contributed by atoms with Crippen LogP contribution in [0.2, 0.25) is 0 Å². The van der Waals surface area contributed by atoms with Crippen molar-refractivity contribution in [3.05, 3.63) is 35.9 Å². The molecular weight excluding hydrogens is 608 g/mol. The zero-order valence-corrected chi connectivity index (χ0v) is 30.4. The van der Waals surface area contributed by atoms with E-state index in [0.29, 0.717) is 38.1 Å². The number of amides is 5. The van der Waals surface area contributed by atoms with E-state index in [1.807, 2.05) is 85.7 Å². The van der Waals surface area contributed by atoms with Gasteiger partial charge in [0, 0.05) is 31.5 Å². The van der Waals surface area contributed by atoms with E-state index in [9.17, 15) is 24.0 Å². The lowest BCUT2D eigenvalue weighted by molar-refractivity contribution is -0.133. The van der Waals surface area contributed by atoms with Crippen molar-refractivity contribution >= 4 is 29.5 Å². The number of benzene rings is 1. The Kier molecular flexibility index (Phi) is 17.1. The van der Waals surface area contributed by atoms with E-state index < -0.39 is 42.0 Å². The van der Waals surface area contributed by atoms with Crippen molar-refractivity contribution in [3.8, 4) is 0 Å². The SMILES string of the molecule is CC[C@H](C)[C@H](NC(=O)C[C@H](N)[C@H](Cc1ccccc1)NC(=O)C(NC(=O)[C@H](CC(C)C)NC(=O)CC(C)C)C(C)C)C(=O)NCC1CC1. The van der Waals surface area contributed by atoms with Crippen molar-refractivity contribution in [2.24, 2.45) is 35.3 Å². The lowest BCUT2D eigenvalue weighted by Crippen LogP contribution is -2.59. The van der Waals surface area contributed by atoms with Gasteiger partial charge in [0.05, 0.1) is 0 Å². The molecule has 11 nitrogen and oxygen atoms in total. The monoisotopic (exact) mass is 670 g/mol. The molecule has 7 N–H and O–H groups in total. The average molecular weight is 671 g/mol. The molecule has 0 bridgehead atoms. The minimum absolute atomic E-state index is 0.0747. The molecule has 0 saturated heterocycles. The van der Waals surface area contributed by atoms with E-state index in [0.717, 1.165) is 18.4 Å². The predicted octanol–water partition coefficient (Wildman–Crippen LogP) is 3.21. The molecular formula is C37H62N6O5. The Morgan fingerprint density at radius 1 is 0.750 bits per heavy atom. The van der Waals surface area contributed by atoms with E-state index in [2.05, 4.69) is 26.6 Å². The number of carbonyl (C=O) groups is 5. The molecule has 1 fully saturated rings. The molecule has 1 aliphatic rings. The van der Waals surface area contributed by atoms with Crippen molar-refractivity contribution in [3.63, 3.8) is 0 Å². The van der Waals surface area contributed by atoms with Crippen LogP contribution >= 0.6 is 0 Å². The number of nitrogens with two attached hydrogens (primary N) is 1. The summed E-state index contributed by atoms with van der Waals surface area (Å²) in [5.74, 6) is -1.19. The molecule has 0 aliphatic heterocycles. The highest BCUT2D eigenvalue weighted by Crippen LogP contribution is 2.27. The number of carbonyl (C=O) groups excluding carboxylic acids is 5. The Bertz CT molecular complexity index is 1190. The molecule has 0 spiro atoms. The molecule has 0 aromatic heterocycles. The van der Waals surface area contributed by atoms with Gasteiger partial charge in [-0.25, -0.2) is 0 Å². The Labute approximate surface area is 288 Å². The summed E-state index contributed by atoms with van der Waals surface area (Å²) in [5.41, 5.74) is 7.57. The maximum Gasteiger partial charge on any atom is 0.243 e. The van der Waals surface area contributed by atoms with Crippen LogP contribution in [0.5, 0.6) is 0 Å². The van der Waals surface area contributed by atoms with Crippen molar-refractivity contribution in [2.45, 2.75) is 131 Å². The third-order valence-electron chi connectivity index (χ3n) is 8.84. The molecule has 2 rings (SSSR count). The van der Waals surface area contributed by atoms with E-state index in [1.54, 1.807) is 0 Å². The van der Waals surface area contributed by atoms with E-state index in [1.165, 1.54) is 0 Å². The van der Waals surface area contributed by atoms with Crippen molar-refractivity contribution in [2.75, 3.05) is 6.54 Å². The zero-order valence-electron chi connectivity index (χ0n) is 30.4. The van der Waals surface area contributed by atoms with Gasteiger partial charge in [0.2, 0.25) is 29.5 Å². The predicted molar refractivity (Wildman–Crippen MR) is 189 cm³/mol. The normalized spacial score (nSPS) is 16.8. The second kappa shape index (κ2) is 20.1. The van der Waals surface area contributed by atoms with Crippen LogP contribution in [0, 0.1) is 29.6 Å². The minimum atomic E-state index is -0.904. The second-order valence-corrected chi connectivity index (χ2v) is 14.9. The molecule has 6 atom stereocenters. The zero-order chi connectivity index (χ0) is 36.0. The van der Waals surface area contributed by atoms with Crippen LogP contribution in [-0.2, 0) is 30.4 Å². The first-order valence-corrected chi connectivity index (χ1v) is 17.9. The van der Waals surface area contributed by atoms with E-state index >= 15 is 0 Å². The van der Waals surface area contributed by atoms with Gasteiger partial charge in [-0.2, -0.15) is 0 Å². The van der Waals surface area contributed by atoms with Gasteiger partial charge in [-0.1, -0.05) is 92.1 Å². The van der Waals surface area contributed by atoms with Gasteiger partial charge >= 0.3 is 0 Å². The summed E-state index contributed by atoms with van der Waals surface area (Å²) in [6.45, 7) is 16.0. The van der Waals surface area contributed by atoms with Crippen molar-refractivity contribution < 1.29 is 24.0 Å². The summed E-state index contributed by atoms with van der Waals surface area (Å²) in [5, 5.41) is 14.6. The first-order valence-electron chi connectivity index (χ1n) is 17.9. The van der Waals surface area contributed by atoms with Crippen LogP contribution in [0.4, 0.5) is 0 Å². The topological polar surface area (TPSA) is 172 Å². The smallest absolute Gasteiger partial charge is 0.243 e. The Morgan fingerprint density at radius 3 is 1.92 bits per heavy atom. The largest absolute Gasteiger partial charge is 0.354 e. The Hall–Kier alpha value is -3.47. The maximum absolute atomic E-state index is 13.8. The fourth-order valence-corrected chi connectivity index (χ4v) is 5.53. The lowest BCUT2D eigenvalue weighted by Gasteiger charge is -2.31. The third kappa shape index (κ3) is 14.7. The van der Waals surface area contributed by atoms with Crippen LogP contribution in [0.15, 0.2) is 30.3 Å². The molecule has 1 aliphatic carbocycles. The number of hydrogen-bond acceptors (Lipinski definition) is 6. The quantitative estimate of drug-likeness (QED) is 0.117. The van der Waals surface area contributed by atoms with Crippen LogP contribution in [0.3, 0.4) is 0 Å². The molecule has 1 unspecified atom stereocenters. The van der Waals surface area contributed by atoms with Crippen LogP contribution in [0.1, 0.15) is 99.5 Å². The summed E-state index contributed by atoms with van der Waals surface area (Å²) in [6, 6.07) is 5.73. The molecule has 270 valence electrons. The van der Waals surface area contributed by atoms with Crippen LogP contribution < -0.4 is 32.3 Å². The number of rotatable bonds is 21. The summed E-state index contributed by atoms with van der Waals surface area (Å²) in [4.78, 5) is 66.2. The molecule has 0 radical (unpaired) electrons. The summed E-state index contributed by atoms with van der Waals surface area (Å²) < 4.78 is 0. The van der Waals surface area contributed by atoms with Gasteiger partial charge in [0.1, 0.15) is 18.1 Å². The summed E-state index contributed by atoms with van der Waals surface area (Å²) >= 11 is 0. The first kappa shape index (κ1) is 40.7. The summed E-state index contributed by atoms with van der Waals surface area (Å²) in [7, 11) is 0. The van der Waals surface area contributed by atoms with Crippen LogP contribution in [-0.4, -0.2) is 66.3 Å². The number of nitrogens with one attached hydrogen (secondary N) is 5. The molecule has 0 heterocycles. The van der Waals surface area contributed by atoms with Crippen molar-refractivity contribution in [1.29, 1.82) is 0 Å². The molecule has 11 heteroatoms. The Morgan fingerprint density at radius 2 is 1.38 bits per heavy atom. The third-order valence-corrected chi connectivity index (χ3v) is 8.84. The van der Waals surface area contributed by atoms with Gasteiger partial charge in [-0.15, -0.1) is 0 Å². The minimum Gasteiger partial charge on any atom is -0.354 e. The molecule has 1 saturated carbocycles. The van der Waals surface area contributed by atoms with E-state index in [-0.39, 0.29) is 47.8 Å². The average Bonchev–Trinajstić information content (AvgIpc) is 3.84. The van der Waals surface area contributed by atoms with Gasteiger partial charge in [-0.05, 0) is 60.8 Å². The molecule has 1 aromatic rings. The van der Waals surface area contributed by atoms with Crippen molar-refractivity contribution in [1.82, 2.24) is 26.6 Å². The molecule has 5 amide bonds. The highest BCUT2D eigenvalue weighted by atomic mass is 16.2. The van der Waals surface area contributed by atoms with Gasteiger partial charge < -0.3 is 32.3 Å². The first-order chi connectivity index (χ1) is 22.6. The standard InChI is InChI=1S/C37H62N6O5/c1-9-25(8)34(36(47)39-21-27-15-16-27)42-32(45)20-28(38)29(19-26-13-11-10-12-14-26)41-37(48)33(24(6)7)43-35(46)30(17-22(2)3)40-31(44)18-23(4)5/h10-14,22-25,27-30,33-34H,9,15-21,38H2,1-8H3,(H,39,47)(H,40,44)(H,41,48)(H,42,45)(H,43,46)/t25-,28-,29-,30-,33?,34-/m0/s1. The maximum atomic E-state index is 13.8. The second-order valence-electron chi connectivity index (χ2n) is 14.9. The number of hydrogen-bond donors (Lipinski definition) is 6. The fraction of sp³-hybridized carbons (Fsp3) is 0.703. The highest BCUT2D eigenvalue weighted by Gasteiger charge is 2.33. The van der Waals surface area contributed by atoms with Gasteiger partial charge in [0.15, 0.2) is 0 Å². The molecule has 48 heavy (non-hydrogen) atoms. The van der Waals surface area contributed by atoms with Gasteiger partial charge in [-0.3, -0.25) is 24.0 Å². The van der Waals surface area contributed by atoms with Gasteiger partial charge in [0.25, 0.3) is 0 Å². The summed E-state index contributed by atoms with van der Waals surface area (Å²) in [6.07, 6.45) is 3.90. The highest BCUT2D eigenvalue weighted by molar-refractivity contribution is 5.92. The Balaban J connectivity index is 2.19. The van der Waals surface area contributed by atoms with E-state index in [4.69, 9.17) is 5.73 Å². The fourth-order valence-electron chi connectivity index (χ4n) is 5.53. The van der Waals surface area contributed by atoms with Crippen LogP contribution in [0.25, 0.3) is 0 Å². The molecule has 1 aromatic carbocycles.